The average Bonchev–Trinajstić information content (AvgIpc) is 2.89. The summed E-state index contributed by atoms with van der Waals surface area (Å²) in [5, 5.41) is 15.0. The van der Waals surface area contributed by atoms with Crippen molar-refractivity contribution in [3.05, 3.63) is 34.0 Å². The van der Waals surface area contributed by atoms with Gasteiger partial charge in [-0.25, -0.2) is 19.7 Å². The highest BCUT2D eigenvalue weighted by Gasteiger charge is 2.15. The first kappa shape index (κ1) is 13.4. The minimum absolute atomic E-state index is 0.0371. The van der Waals surface area contributed by atoms with Gasteiger partial charge in [0.1, 0.15) is 5.01 Å². The summed E-state index contributed by atoms with van der Waals surface area (Å²) in [4.78, 5) is 23.3. The first-order valence-electron chi connectivity index (χ1n) is 5.84. The van der Waals surface area contributed by atoms with E-state index >= 15 is 0 Å². The van der Waals surface area contributed by atoms with Crippen LogP contribution in [-0.4, -0.2) is 26.0 Å². The van der Waals surface area contributed by atoms with Crippen molar-refractivity contribution in [3.8, 4) is 0 Å². The first-order chi connectivity index (χ1) is 9.11. The van der Waals surface area contributed by atoms with E-state index in [1.165, 1.54) is 6.20 Å². The monoisotopic (exact) mass is 278 g/mol. The fourth-order valence-electron chi connectivity index (χ4n) is 1.65. The van der Waals surface area contributed by atoms with Crippen molar-refractivity contribution in [2.75, 3.05) is 5.32 Å². The highest BCUT2D eigenvalue weighted by molar-refractivity contribution is 7.09. The van der Waals surface area contributed by atoms with Gasteiger partial charge in [-0.05, 0) is 13.3 Å². The van der Waals surface area contributed by atoms with E-state index in [0.717, 1.165) is 11.4 Å². The number of carboxylic acids is 1. The number of rotatable bonds is 5. The topological polar surface area (TPSA) is 88.0 Å². The third-order valence-electron chi connectivity index (χ3n) is 2.67. The number of hydrogen-bond acceptors (Lipinski definition) is 6. The zero-order valence-electron chi connectivity index (χ0n) is 10.6. The Hall–Kier alpha value is -2.02. The lowest BCUT2D eigenvalue weighted by molar-refractivity contribution is 0.0695. The Bertz CT molecular complexity index is 571. The summed E-state index contributed by atoms with van der Waals surface area (Å²) < 4.78 is 0. The Morgan fingerprint density at radius 1 is 1.53 bits per heavy atom. The molecule has 0 amide bonds. The molecule has 7 heteroatoms. The Morgan fingerprint density at radius 2 is 2.32 bits per heavy atom. The molecule has 2 rings (SSSR count). The fourth-order valence-corrected chi connectivity index (χ4v) is 2.42. The molecule has 100 valence electrons. The summed E-state index contributed by atoms with van der Waals surface area (Å²) in [7, 11) is 0. The fraction of sp³-hybridized carbons (Fsp3) is 0.333. The minimum atomic E-state index is -1.02. The molecule has 0 spiro atoms. The van der Waals surface area contributed by atoms with Crippen LogP contribution < -0.4 is 5.32 Å². The summed E-state index contributed by atoms with van der Waals surface area (Å²) >= 11 is 1.56. The van der Waals surface area contributed by atoms with Gasteiger partial charge < -0.3 is 10.4 Å². The number of anilines is 1. The maximum Gasteiger partial charge on any atom is 0.339 e. The van der Waals surface area contributed by atoms with E-state index in [-0.39, 0.29) is 11.6 Å². The van der Waals surface area contributed by atoms with Crippen molar-refractivity contribution in [1.82, 2.24) is 15.0 Å². The molecule has 0 saturated carbocycles. The van der Waals surface area contributed by atoms with Crippen LogP contribution in [0.15, 0.2) is 17.8 Å². The van der Waals surface area contributed by atoms with Crippen LogP contribution >= 0.6 is 11.3 Å². The van der Waals surface area contributed by atoms with E-state index in [0.29, 0.717) is 11.6 Å². The van der Waals surface area contributed by atoms with Crippen molar-refractivity contribution < 1.29 is 9.90 Å². The Balaban J connectivity index is 2.19. The minimum Gasteiger partial charge on any atom is -0.478 e. The number of aromatic carboxylic acids is 1. The normalized spacial score (nSPS) is 12.1. The van der Waals surface area contributed by atoms with E-state index in [1.54, 1.807) is 24.5 Å². The summed E-state index contributed by atoms with van der Waals surface area (Å²) in [6.45, 7) is 3.69. The van der Waals surface area contributed by atoms with Crippen LogP contribution in [0.3, 0.4) is 0 Å². The van der Waals surface area contributed by atoms with Gasteiger partial charge in [0, 0.05) is 17.8 Å². The molecule has 2 aromatic heterocycles. The number of thiazole rings is 1. The highest BCUT2D eigenvalue weighted by Crippen LogP contribution is 2.22. The molecule has 0 aromatic carbocycles. The van der Waals surface area contributed by atoms with E-state index in [4.69, 9.17) is 5.11 Å². The first-order valence-corrected chi connectivity index (χ1v) is 6.72. The van der Waals surface area contributed by atoms with Gasteiger partial charge in [-0.1, -0.05) is 6.92 Å². The molecule has 0 radical (unpaired) electrons. The molecule has 1 atom stereocenters. The predicted octanol–water partition coefficient (Wildman–Crippen LogP) is 2.50. The molecule has 0 aliphatic rings. The standard InChI is InChI=1S/C12H14N4O2S/c1-3-9(10-13-4-5-19-10)16-12-14-6-8(11(17)18)7(2)15-12/h4-6,9H,3H2,1-2H3,(H,17,18)(H,14,15,16). The molecule has 0 bridgehead atoms. The van der Waals surface area contributed by atoms with Gasteiger partial charge in [0.25, 0.3) is 0 Å². The molecule has 2 N–H and O–H groups in total. The molecule has 0 saturated heterocycles. The number of carboxylic acid groups (broad SMARTS) is 1. The zero-order valence-corrected chi connectivity index (χ0v) is 11.4. The number of aryl methyl sites for hydroxylation is 1. The third kappa shape index (κ3) is 3.05. The van der Waals surface area contributed by atoms with Crippen LogP contribution in [0, 0.1) is 6.92 Å². The molecular formula is C12H14N4O2S. The summed E-state index contributed by atoms with van der Waals surface area (Å²) in [5.74, 6) is -0.597. The lowest BCUT2D eigenvalue weighted by Gasteiger charge is -2.14. The van der Waals surface area contributed by atoms with Crippen molar-refractivity contribution in [1.29, 1.82) is 0 Å². The highest BCUT2D eigenvalue weighted by atomic mass is 32.1. The largest absolute Gasteiger partial charge is 0.478 e. The van der Waals surface area contributed by atoms with Gasteiger partial charge in [0.15, 0.2) is 0 Å². The summed E-state index contributed by atoms with van der Waals surface area (Å²) in [5.41, 5.74) is 0.562. The molecule has 2 aromatic rings. The molecule has 0 aliphatic heterocycles. The predicted molar refractivity (Wildman–Crippen MR) is 72.5 cm³/mol. The van der Waals surface area contributed by atoms with E-state index < -0.39 is 5.97 Å². The second kappa shape index (κ2) is 5.75. The second-order valence-electron chi connectivity index (χ2n) is 3.97. The van der Waals surface area contributed by atoms with Crippen LogP contribution in [0.2, 0.25) is 0 Å². The third-order valence-corrected chi connectivity index (χ3v) is 3.56. The SMILES string of the molecule is CCC(Nc1ncc(C(=O)O)c(C)n1)c1nccs1. The van der Waals surface area contributed by atoms with Crippen LogP contribution in [0.1, 0.15) is 40.4 Å². The summed E-state index contributed by atoms with van der Waals surface area (Å²) in [6, 6.07) is 0.0371. The van der Waals surface area contributed by atoms with Gasteiger partial charge in [0.05, 0.1) is 17.3 Å². The number of aromatic nitrogens is 3. The van der Waals surface area contributed by atoms with Crippen LogP contribution in [-0.2, 0) is 0 Å². The Labute approximate surface area is 114 Å². The number of carbonyl (C=O) groups is 1. The number of nitrogens with zero attached hydrogens (tertiary/aromatic N) is 3. The van der Waals surface area contributed by atoms with Gasteiger partial charge in [-0.2, -0.15) is 0 Å². The van der Waals surface area contributed by atoms with Crippen LogP contribution in [0.25, 0.3) is 0 Å². The van der Waals surface area contributed by atoms with Crippen molar-refractivity contribution in [2.24, 2.45) is 0 Å². The maximum atomic E-state index is 10.9. The molecule has 0 aliphatic carbocycles. The molecule has 2 heterocycles. The molecule has 19 heavy (non-hydrogen) atoms. The lowest BCUT2D eigenvalue weighted by Crippen LogP contribution is -2.13. The van der Waals surface area contributed by atoms with Gasteiger partial charge >= 0.3 is 5.97 Å². The van der Waals surface area contributed by atoms with Gasteiger partial charge in [0.2, 0.25) is 5.95 Å². The second-order valence-corrected chi connectivity index (χ2v) is 4.90. The van der Waals surface area contributed by atoms with Gasteiger partial charge in [-0.15, -0.1) is 11.3 Å². The quantitative estimate of drug-likeness (QED) is 0.873. The molecule has 1 unspecified atom stereocenters. The van der Waals surface area contributed by atoms with Gasteiger partial charge in [-0.3, -0.25) is 0 Å². The lowest BCUT2D eigenvalue weighted by atomic mass is 10.2. The number of hydrogen-bond donors (Lipinski definition) is 2. The smallest absolute Gasteiger partial charge is 0.339 e. The number of nitrogens with one attached hydrogen (secondary N) is 1. The zero-order chi connectivity index (χ0) is 13.8. The van der Waals surface area contributed by atoms with E-state index in [1.807, 2.05) is 12.3 Å². The van der Waals surface area contributed by atoms with E-state index in [9.17, 15) is 4.79 Å². The van der Waals surface area contributed by atoms with E-state index in [2.05, 4.69) is 20.3 Å². The average molecular weight is 278 g/mol. The van der Waals surface area contributed by atoms with Crippen molar-refractivity contribution >= 4 is 23.3 Å². The Morgan fingerprint density at radius 3 is 2.84 bits per heavy atom. The summed E-state index contributed by atoms with van der Waals surface area (Å²) in [6.07, 6.45) is 3.92. The van der Waals surface area contributed by atoms with Crippen molar-refractivity contribution in [2.45, 2.75) is 26.3 Å². The van der Waals surface area contributed by atoms with Crippen molar-refractivity contribution in [3.63, 3.8) is 0 Å². The molecular weight excluding hydrogens is 264 g/mol. The molecule has 6 nitrogen and oxygen atoms in total. The Kier molecular flexibility index (Phi) is 4.06. The maximum absolute atomic E-state index is 10.9. The van der Waals surface area contributed by atoms with Crippen LogP contribution in [0.5, 0.6) is 0 Å². The molecule has 0 fully saturated rings. The van der Waals surface area contributed by atoms with Crippen LogP contribution in [0.4, 0.5) is 5.95 Å².